The molecule has 0 bridgehead atoms. The maximum Gasteiger partial charge on any atom is 0.254 e. The quantitative estimate of drug-likeness (QED) is 0.722. The molecule has 6 heteroatoms. The van der Waals surface area contributed by atoms with Crippen LogP contribution in [0.1, 0.15) is 24.2 Å². The van der Waals surface area contributed by atoms with Gasteiger partial charge in [0.15, 0.2) is 5.82 Å². The van der Waals surface area contributed by atoms with E-state index in [2.05, 4.69) is 15.0 Å². The highest BCUT2D eigenvalue weighted by Gasteiger charge is 2.22. The molecule has 0 aliphatic rings. The summed E-state index contributed by atoms with van der Waals surface area (Å²) in [5.41, 5.74) is 2.66. The number of carbonyl (C=O) groups excluding carboxylic acids is 2. The molecule has 1 heterocycles. The first-order valence-electron chi connectivity index (χ1n) is 8.71. The van der Waals surface area contributed by atoms with E-state index >= 15 is 0 Å². The lowest BCUT2D eigenvalue weighted by Crippen LogP contribution is -2.42. The fourth-order valence-electron chi connectivity index (χ4n) is 2.70. The van der Waals surface area contributed by atoms with Crippen LogP contribution in [0.4, 0.5) is 5.82 Å². The van der Waals surface area contributed by atoms with Gasteiger partial charge in [0.25, 0.3) is 5.91 Å². The summed E-state index contributed by atoms with van der Waals surface area (Å²) in [4.78, 5) is 26.6. The first kappa shape index (κ1) is 18.4. The van der Waals surface area contributed by atoms with Crippen LogP contribution >= 0.6 is 0 Å². The SMILES string of the molecule is CC(C)N(CC(=O)Nc1ccon1)C(=O)c1ccc(-c2ccccc2)cc1. The molecule has 2 aromatic carbocycles. The van der Waals surface area contributed by atoms with E-state index in [0.29, 0.717) is 11.4 Å². The number of hydrogen-bond acceptors (Lipinski definition) is 4. The van der Waals surface area contributed by atoms with E-state index in [1.165, 1.54) is 11.2 Å². The second-order valence-corrected chi connectivity index (χ2v) is 6.40. The van der Waals surface area contributed by atoms with E-state index in [-0.39, 0.29) is 24.4 Å². The van der Waals surface area contributed by atoms with Crippen LogP contribution in [0.3, 0.4) is 0 Å². The van der Waals surface area contributed by atoms with E-state index in [1.807, 2.05) is 56.3 Å². The fraction of sp³-hybridized carbons (Fsp3) is 0.190. The van der Waals surface area contributed by atoms with Crippen LogP contribution in [0.15, 0.2) is 71.4 Å². The van der Waals surface area contributed by atoms with Crippen molar-refractivity contribution in [3.05, 3.63) is 72.5 Å². The van der Waals surface area contributed by atoms with E-state index in [9.17, 15) is 9.59 Å². The molecule has 0 unspecified atom stereocenters. The number of aromatic nitrogens is 1. The van der Waals surface area contributed by atoms with Crippen LogP contribution in [0.5, 0.6) is 0 Å². The second-order valence-electron chi connectivity index (χ2n) is 6.40. The summed E-state index contributed by atoms with van der Waals surface area (Å²) in [5.74, 6) is -0.199. The van der Waals surface area contributed by atoms with Gasteiger partial charge in [-0.25, -0.2) is 0 Å². The van der Waals surface area contributed by atoms with Gasteiger partial charge in [-0.05, 0) is 37.1 Å². The molecule has 0 saturated carbocycles. The molecule has 138 valence electrons. The van der Waals surface area contributed by atoms with Crippen LogP contribution < -0.4 is 5.32 Å². The van der Waals surface area contributed by atoms with Crippen molar-refractivity contribution >= 4 is 17.6 Å². The van der Waals surface area contributed by atoms with Gasteiger partial charge >= 0.3 is 0 Å². The van der Waals surface area contributed by atoms with Gasteiger partial charge in [0.1, 0.15) is 12.8 Å². The first-order chi connectivity index (χ1) is 13.0. The van der Waals surface area contributed by atoms with Crippen molar-refractivity contribution in [2.45, 2.75) is 19.9 Å². The second kappa shape index (κ2) is 8.31. The molecular formula is C21H21N3O3. The van der Waals surface area contributed by atoms with Crippen LogP contribution in [0.25, 0.3) is 11.1 Å². The minimum Gasteiger partial charge on any atom is -0.363 e. The maximum absolute atomic E-state index is 12.9. The molecule has 0 fully saturated rings. The number of benzene rings is 2. The van der Waals surface area contributed by atoms with Crippen LogP contribution in [-0.2, 0) is 4.79 Å². The molecule has 0 aliphatic heterocycles. The van der Waals surface area contributed by atoms with Gasteiger partial charge in [-0.2, -0.15) is 0 Å². The molecule has 0 aliphatic carbocycles. The number of amides is 2. The van der Waals surface area contributed by atoms with Gasteiger partial charge in [-0.15, -0.1) is 0 Å². The van der Waals surface area contributed by atoms with E-state index in [1.54, 1.807) is 18.2 Å². The summed E-state index contributed by atoms with van der Waals surface area (Å²) in [5, 5.41) is 6.25. The highest BCUT2D eigenvalue weighted by atomic mass is 16.5. The molecular weight excluding hydrogens is 342 g/mol. The summed E-state index contributed by atoms with van der Waals surface area (Å²) >= 11 is 0. The molecule has 1 N–H and O–H groups in total. The number of nitrogens with one attached hydrogen (secondary N) is 1. The lowest BCUT2D eigenvalue weighted by atomic mass is 10.0. The third-order valence-corrected chi connectivity index (χ3v) is 4.14. The van der Waals surface area contributed by atoms with Crippen molar-refractivity contribution in [2.24, 2.45) is 0 Å². The molecule has 0 radical (unpaired) electrons. The Morgan fingerprint density at radius 3 is 2.26 bits per heavy atom. The highest BCUT2D eigenvalue weighted by molar-refractivity contribution is 5.99. The Bertz CT molecular complexity index is 888. The van der Waals surface area contributed by atoms with Gasteiger partial charge in [0.2, 0.25) is 5.91 Å². The van der Waals surface area contributed by atoms with Crippen molar-refractivity contribution in [1.82, 2.24) is 10.1 Å². The third-order valence-electron chi connectivity index (χ3n) is 4.14. The number of carbonyl (C=O) groups is 2. The molecule has 2 amide bonds. The Morgan fingerprint density at radius 2 is 1.67 bits per heavy atom. The predicted octanol–water partition coefficient (Wildman–Crippen LogP) is 3.83. The van der Waals surface area contributed by atoms with Crippen molar-refractivity contribution in [1.29, 1.82) is 0 Å². The molecule has 6 nitrogen and oxygen atoms in total. The Kier molecular flexibility index (Phi) is 5.66. The topological polar surface area (TPSA) is 75.4 Å². The van der Waals surface area contributed by atoms with Gasteiger partial charge in [-0.1, -0.05) is 47.6 Å². The average Bonchev–Trinajstić information content (AvgIpc) is 3.19. The lowest BCUT2D eigenvalue weighted by molar-refractivity contribution is -0.117. The van der Waals surface area contributed by atoms with E-state index < -0.39 is 0 Å². The Labute approximate surface area is 157 Å². The van der Waals surface area contributed by atoms with Crippen LogP contribution in [0, 0.1) is 0 Å². The monoisotopic (exact) mass is 363 g/mol. The normalized spacial score (nSPS) is 10.6. The maximum atomic E-state index is 12.9. The van der Waals surface area contributed by atoms with Gasteiger partial charge < -0.3 is 14.7 Å². The fourth-order valence-corrected chi connectivity index (χ4v) is 2.70. The summed E-state index contributed by atoms with van der Waals surface area (Å²) in [7, 11) is 0. The molecule has 27 heavy (non-hydrogen) atoms. The average molecular weight is 363 g/mol. The number of rotatable bonds is 6. The Morgan fingerprint density at radius 1 is 1.00 bits per heavy atom. The molecule has 3 aromatic rings. The largest absolute Gasteiger partial charge is 0.363 e. The third kappa shape index (κ3) is 4.61. The molecule has 0 spiro atoms. The molecule has 0 atom stereocenters. The minimum absolute atomic E-state index is 0.0657. The van der Waals surface area contributed by atoms with Gasteiger partial charge in [-0.3, -0.25) is 9.59 Å². The van der Waals surface area contributed by atoms with Gasteiger partial charge in [0.05, 0.1) is 0 Å². The summed E-state index contributed by atoms with van der Waals surface area (Å²) < 4.78 is 4.69. The van der Waals surface area contributed by atoms with Crippen molar-refractivity contribution < 1.29 is 14.1 Å². The smallest absolute Gasteiger partial charge is 0.254 e. The Balaban J connectivity index is 1.71. The highest BCUT2D eigenvalue weighted by Crippen LogP contribution is 2.20. The Hall–Kier alpha value is -3.41. The van der Waals surface area contributed by atoms with Crippen molar-refractivity contribution in [3.8, 4) is 11.1 Å². The standard InChI is InChI=1S/C21H21N3O3/c1-15(2)24(14-20(25)22-19-12-13-27-23-19)21(26)18-10-8-17(9-11-18)16-6-4-3-5-7-16/h3-13,15H,14H2,1-2H3,(H,22,23,25). The zero-order valence-corrected chi connectivity index (χ0v) is 15.3. The molecule has 3 rings (SSSR count). The zero-order chi connectivity index (χ0) is 19.2. The number of anilines is 1. The minimum atomic E-state index is -0.327. The van der Waals surface area contributed by atoms with E-state index in [0.717, 1.165) is 11.1 Å². The first-order valence-corrected chi connectivity index (χ1v) is 8.71. The predicted molar refractivity (Wildman–Crippen MR) is 103 cm³/mol. The summed E-state index contributed by atoms with van der Waals surface area (Å²) in [6, 6.07) is 18.8. The van der Waals surface area contributed by atoms with Crippen LogP contribution in [0.2, 0.25) is 0 Å². The van der Waals surface area contributed by atoms with Gasteiger partial charge in [0, 0.05) is 17.7 Å². The van der Waals surface area contributed by atoms with Crippen LogP contribution in [-0.4, -0.2) is 34.5 Å². The van der Waals surface area contributed by atoms with Crippen molar-refractivity contribution in [3.63, 3.8) is 0 Å². The lowest BCUT2D eigenvalue weighted by Gasteiger charge is -2.26. The summed E-state index contributed by atoms with van der Waals surface area (Å²) in [6.07, 6.45) is 1.37. The molecule has 1 aromatic heterocycles. The molecule has 0 saturated heterocycles. The zero-order valence-electron chi connectivity index (χ0n) is 15.3. The number of nitrogens with zero attached hydrogens (tertiary/aromatic N) is 2. The summed E-state index contributed by atoms with van der Waals surface area (Å²) in [6.45, 7) is 3.68. The number of hydrogen-bond donors (Lipinski definition) is 1. The van der Waals surface area contributed by atoms with Crippen molar-refractivity contribution in [2.75, 3.05) is 11.9 Å². The van der Waals surface area contributed by atoms with E-state index in [4.69, 9.17) is 0 Å².